The Labute approximate surface area is 187 Å². The van der Waals surface area contributed by atoms with Crippen LogP contribution in [0.25, 0.3) is 0 Å². The van der Waals surface area contributed by atoms with Crippen molar-refractivity contribution in [3.05, 3.63) is 34.9 Å². The van der Waals surface area contributed by atoms with E-state index >= 15 is 0 Å². The first-order chi connectivity index (χ1) is 14.9. The summed E-state index contributed by atoms with van der Waals surface area (Å²) in [5, 5.41) is 0.425. The molecule has 2 amide bonds. The lowest BCUT2D eigenvalue weighted by Gasteiger charge is -2.43. The van der Waals surface area contributed by atoms with E-state index in [0.717, 1.165) is 32.1 Å². The molecule has 7 nitrogen and oxygen atoms in total. The van der Waals surface area contributed by atoms with Crippen LogP contribution in [0.3, 0.4) is 0 Å². The van der Waals surface area contributed by atoms with Gasteiger partial charge in [-0.05, 0) is 38.2 Å². The molecule has 1 saturated heterocycles. The van der Waals surface area contributed by atoms with E-state index in [-0.39, 0.29) is 18.2 Å². The van der Waals surface area contributed by atoms with Crippen molar-refractivity contribution in [1.29, 1.82) is 0 Å². The molecule has 0 bridgehead atoms. The fraction of sp³-hybridized carbons (Fsp3) is 0.565. The third kappa shape index (κ3) is 5.09. The molecule has 8 heteroatoms. The Kier molecular flexibility index (Phi) is 7.70. The molecule has 168 valence electrons. The third-order valence-corrected chi connectivity index (χ3v) is 6.60. The summed E-state index contributed by atoms with van der Waals surface area (Å²) in [6.45, 7) is -0.132. The van der Waals surface area contributed by atoms with Crippen LogP contribution in [0.4, 0.5) is 0 Å². The van der Waals surface area contributed by atoms with Crippen molar-refractivity contribution in [3.63, 3.8) is 0 Å². The number of ether oxygens (including phenoxy) is 1. The lowest BCUT2D eigenvalue weighted by molar-refractivity contribution is -0.159. The first kappa shape index (κ1) is 23.3. The van der Waals surface area contributed by atoms with Crippen LogP contribution in [-0.4, -0.2) is 60.1 Å². The highest BCUT2D eigenvalue weighted by Crippen LogP contribution is 2.42. The normalized spacial score (nSPS) is 22.1. The zero-order chi connectivity index (χ0) is 22.4. The van der Waals surface area contributed by atoms with Crippen molar-refractivity contribution >= 4 is 35.2 Å². The van der Waals surface area contributed by atoms with E-state index in [1.54, 1.807) is 31.3 Å². The molecule has 1 saturated carbocycles. The number of Topliss-reactive ketones (excluding diaryl/α,β-unsaturated/α-hetero) is 1. The molecule has 0 N–H and O–H groups in total. The van der Waals surface area contributed by atoms with Gasteiger partial charge in [0.15, 0.2) is 12.4 Å². The van der Waals surface area contributed by atoms with Crippen molar-refractivity contribution in [2.75, 3.05) is 26.7 Å². The average molecular weight is 449 g/mol. The van der Waals surface area contributed by atoms with Crippen molar-refractivity contribution in [2.45, 2.75) is 56.9 Å². The molecule has 2 fully saturated rings. The molecule has 0 aromatic heterocycles. The largest absolute Gasteiger partial charge is 0.454 e. The standard InChI is InChI=1S/C23H29ClN2O5/c1-25(21(29)16-31-22(30)15-26-14-8-2-3-12-20(26)28)23(13-7-6-11-19(23)27)17-9-4-5-10-18(17)24/h4-5,9-10H,2-3,6-8,11-16H2,1H3. The predicted octanol–water partition coefficient (Wildman–Crippen LogP) is 3.08. The molecule has 3 rings (SSSR count). The van der Waals surface area contributed by atoms with Gasteiger partial charge in [-0.1, -0.05) is 36.2 Å². The van der Waals surface area contributed by atoms with Gasteiger partial charge < -0.3 is 14.5 Å². The second-order valence-electron chi connectivity index (χ2n) is 8.21. The zero-order valence-corrected chi connectivity index (χ0v) is 18.7. The molecule has 1 atom stereocenters. The van der Waals surface area contributed by atoms with E-state index < -0.39 is 24.0 Å². The number of carbonyl (C=O) groups excluding carboxylic acids is 4. The van der Waals surface area contributed by atoms with Gasteiger partial charge in [0.25, 0.3) is 5.91 Å². The number of hydrogen-bond acceptors (Lipinski definition) is 5. The van der Waals surface area contributed by atoms with E-state index in [1.165, 1.54) is 9.80 Å². The summed E-state index contributed by atoms with van der Waals surface area (Å²) in [6, 6.07) is 7.05. The minimum absolute atomic E-state index is 0.0656. The molecule has 31 heavy (non-hydrogen) atoms. The minimum atomic E-state index is -1.17. The highest BCUT2D eigenvalue weighted by molar-refractivity contribution is 6.31. The number of ketones is 1. The molecule has 1 aliphatic carbocycles. The summed E-state index contributed by atoms with van der Waals surface area (Å²) in [5.41, 5.74) is -0.570. The summed E-state index contributed by atoms with van der Waals surface area (Å²) in [5.74, 6) is -1.24. The SMILES string of the molecule is CN(C(=O)COC(=O)CN1CCCCCC1=O)C1(c2ccccc2Cl)CCCCC1=O. The van der Waals surface area contributed by atoms with Crippen LogP contribution < -0.4 is 0 Å². The van der Waals surface area contributed by atoms with Gasteiger partial charge in [0, 0.05) is 37.0 Å². The Morgan fingerprint density at radius 2 is 1.84 bits per heavy atom. The summed E-state index contributed by atoms with van der Waals surface area (Å²) < 4.78 is 5.19. The monoisotopic (exact) mass is 448 g/mol. The van der Waals surface area contributed by atoms with E-state index in [2.05, 4.69) is 0 Å². The number of carbonyl (C=O) groups is 4. The number of hydrogen-bond donors (Lipinski definition) is 0. The van der Waals surface area contributed by atoms with Crippen molar-refractivity contribution in [3.8, 4) is 0 Å². The molecule has 1 aliphatic heterocycles. The molecule has 1 heterocycles. The molecule has 0 radical (unpaired) electrons. The molecule has 0 spiro atoms. The number of likely N-dealkylation sites (tertiary alicyclic amines) is 1. The van der Waals surface area contributed by atoms with Crippen molar-refractivity contribution in [1.82, 2.24) is 9.80 Å². The second kappa shape index (κ2) is 10.3. The maximum Gasteiger partial charge on any atom is 0.326 e. The first-order valence-electron chi connectivity index (χ1n) is 10.8. The van der Waals surface area contributed by atoms with Gasteiger partial charge in [0.05, 0.1) is 0 Å². The number of rotatable bonds is 6. The number of benzene rings is 1. The van der Waals surface area contributed by atoms with Crippen LogP contribution in [0.15, 0.2) is 24.3 Å². The molecule has 2 aliphatic rings. The van der Waals surface area contributed by atoms with Gasteiger partial charge in [-0.3, -0.25) is 19.2 Å². The van der Waals surface area contributed by atoms with Gasteiger partial charge in [0.1, 0.15) is 12.1 Å². The Morgan fingerprint density at radius 3 is 2.58 bits per heavy atom. The van der Waals surface area contributed by atoms with Crippen molar-refractivity contribution < 1.29 is 23.9 Å². The fourth-order valence-electron chi connectivity index (χ4n) is 4.49. The van der Waals surface area contributed by atoms with Gasteiger partial charge in [0.2, 0.25) is 5.91 Å². The third-order valence-electron chi connectivity index (χ3n) is 6.27. The van der Waals surface area contributed by atoms with Crippen LogP contribution in [0.1, 0.15) is 56.9 Å². The summed E-state index contributed by atoms with van der Waals surface area (Å²) in [7, 11) is 1.56. The molecule has 1 aromatic carbocycles. The Balaban J connectivity index is 1.69. The molecular formula is C23H29ClN2O5. The topological polar surface area (TPSA) is 84.0 Å². The fourth-order valence-corrected chi connectivity index (χ4v) is 4.78. The quantitative estimate of drug-likeness (QED) is 0.624. The van der Waals surface area contributed by atoms with E-state index in [4.69, 9.17) is 16.3 Å². The number of likely N-dealkylation sites (N-methyl/N-ethyl adjacent to an activating group) is 1. The number of amides is 2. The Hall–Kier alpha value is -2.41. The van der Waals surface area contributed by atoms with Gasteiger partial charge in [-0.15, -0.1) is 0 Å². The Morgan fingerprint density at radius 1 is 1.10 bits per heavy atom. The van der Waals surface area contributed by atoms with Crippen molar-refractivity contribution in [2.24, 2.45) is 0 Å². The summed E-state index contributed by atoms with van der Waals surface area (Å²) in [4.78, 5) is 53.2. The Bertz CT molecular complexity index is 858. The maximum absolute atomic E-state index is 13.1. The lowest BCUT2D eigenvalue weighted by atomic mass is 9.74. The maximum atomic E-state index is 13.1. The first-order valence-corrected chi connectivity index (χ1v) is 11.2. The second-order valence-corrected chi connectivity index (χ2v) is 8.62. The summed E-state index contributed by atoms with van der Waals surface area (Å²) in [6.07, 6.45) is 5.44. The van der Waals surface area contributed by atoms with Gasteiger partial charge in [-0.2, -0.15) is 0 Å². The van der Waals surface area contributed by atoms with Crippen LogP contribution in [0.2, 0.25) is 5.02 Å². The summed E-state index contributed by atoms with van der Waals surface area (Å²) >= 11 is 6.41. The van der Waals surface area contributed by atoms with Crippen LogP contribution in [0.5, 0.6) is 0 Å². The highest BCUT2D eigenvalue weighted by atomic mass is 35.5. The smallest absolute Gasteiger partial charge is 0.326 e. The number of esters is 1. The van der Waals surface area contributed by atoms with E-state index in [9.17, 15) is 19.2 Å². The number of halogens is 1. The van der Waals surface area contributed by atoms with Gasteiger partial charge in [-0.25, -0.2) is 0 Å². The minimum Gasteiger partial charge on any atom is -0.454 e. The number of nitrogens with zero attached hydrogens (tertiary/aromatic N) is 2. The molecule has 1 unspecified atom stereocenters. The molecular weight excluding hydrogens is 420 g/mol. The average Bonchev–Trinajstić information content (AvgIpc) is 2.96. The van der Waals surface area contributed by atoms with Crippen LogP contribution in [0, 0.1) is 0 Å². The highest BCUT2D eigenvalue weighted by Gasteiger charge is 2.48. The molecule has 1 aromatic rings. The van der Waals surface area contributed by atoms with E-state index in [0.29, 0.717) is 36.4 Å². The lowest BCUT2D eigenvalue weighted by Crippen LogP contribution is -2.55. The zero-order valence-electron chi connectivity index (χ0n) is 17.9. The van der Waals surface area contributed by atoms with Gasteiger partial charge >= 0.3 is 5.97 Å². The van der Waals surface area contributed by atoms with Crippen LogP contribution >= 0.6 is 11.6 Å². The predicted molar refractivity (Wildman–Crippen MR) is 115 cm³/mol. The van der Waals surface area contributed by atoms with Crippen LogP contribution in [-0.2, 0) is 29.5 Å². The van der Waals surface area contributed by atoms with E-state index in [1.807, 2.05) is 0 Å².